The summed E-state index contributed by atoms with van der Waals surface area (Å²) in [6, 6.07) is 7.86. The predicted octanol–water partition coefficient (Wildman–Crippen LogP) is 4.26. The van der Waals surface area contributed by atoms with Crippen LogP contribution in [0.5, 0.6) is 0 Å². The number of thiophene rings is 1. The van der Waals surface area contributed by atoms with E-state index in [2.05, 4.69) is 27.5 Å². The van der Waals surface area contributed by atoms with Crippen LogP contribution in [0.3, 0.4) is 0 Å². The highest BCUT2D eigenvalue weighted by atomic mass is 32.1. The Balaban J connectivity index is 1.35. The van der Waals surface area contributed by atoms with Crippen LogP contribution in [0.1, 0.15) is 34.6 Å². The molecule has 1 amide bonds. The average molecular weight is 381 g/mol. The Kier molecular flexibility index (Phi) is 5.34. The first-order valence-corrected chi connectivity index (χ1v) is 10.4. The molecule has 3 aromatic rings. The number of carbonyl (C=O) groups is 1. The average Bonchev–Trinajstić information content (AvgIpc) is 3.37. The number of carbonyl (C=O) groups excluding carboxylic acids is 1. The molecule has 0 radical (unpaired) electrons. The lowest BCUT2D eigenvalue weighted by atomic mass is 9.93. The molecule has 6 heteroatoms. The largest absolute Gasteiger partial charge is 0.338 e. The summed E-state index contributed by atoms with van der Waals surface area (Å²) < 4.78 is 2.29. The highest BCUT2D eigenvalue weighted by Crippen LogP contribution is 2.25. The summed E-state index contributed by atoms with van der Waals surface area (Å²) in [6.45, 7) is 4.79. The maximum absolute atomic E-state index is 12.5. The van der Waals surface area contributed by atoms with Crippen LogP contribution < -0.4 is 0 Å². The number of piperidine rings is 1. The molecule has 140 valence electrons. The van der Waals surface area contributed by atoms with Crippen molar-refractivity contribution in [1.82, 2.24) is 19.4 Å². The molecule has 3 aromatic heterocycles. The molecule has 0 saturated carbocycles. The molecule has 0 unspecified atom stereocenters. The standard InChI is InChI=1S/C21H24N4OS/c1-16-14-23-20(18-4-2-9-22-15-18)25(16)12-8-17-6-10-24(11-7-17)21(26)19-5-3-13-27-19/h2-5,9,13-15,17H,6-8,10-12H2,1H3. The zero-order valence-electron chi connectivity index (χ0n) is 15.5. The fourth-order valence-electron chi connectivity index (χ4n) is 3.76. The summed E-state index contributed by atoms with van der Waals surface area (Å²) in [5.41, 5.74) is 2.24. The highest BCUT2D eigenvalue weighted by molar-refractivity contribution is 7.12. The number of rotatable bonds is 5. The number of hydrogen-bond acceptors (Lipinski definition) is 4. The van der Waals surface area contributed by atoms with Gasteiger partial charge in [0.1, 0.15) is 5.82 Å². The summed E-state index contributed by atoms with van der Waals surface area (Å²) in [5, 5.41) is 1.97. The van der Waals surface area contributed by atoms with Crippen molar-refractivity contribution in [2.24, 2.45) is 5.92 Å². The van der Waals surface area contributed by atoms with Crippen molar-refractivity contribution >= 4 is 17.2 Å². The van der Waals surface area contributed by atoms with Crippen LogP contribution in [0.15, 0.2) is 48.2 Å². The lowest BCUT2D eigenvalue weighted by molar-refractivity contribution is 0.0690. The van der Waals surface area contributed by atoms with Gasteiger partial charge in [-0.05, 0) is 55.7 Å². The van der Waals surface area contributed by atoms with Crippen LogP contribution in [-0.4, -0.2) is 38.4 Å². The first-order chi connectivity index (χ1) is 13.2. The molecular formula is C21H24N4OS. The number of amides is 1. The number of nitrogens with zero attached hydrogens (tertiary/aromatic N) is 4. The van der Waals surface area contributed by atoms with E-state index in [1.165, 1.54) is 17.0 Å². The van der Waals surface area contributed by atoms with Crippen LogP contribution in [-0.2, 0) is 6.54 Å². The van der Waals surface area contributed by atoms with E-state index in [4.69, 9.17) is 0 Å². The van der Waals surface area contributed by atoms with Crippen LogP contribution >= 0.6 is 11.3 Å². The van der Waals surface area contributed by atoms with Crippen molar-refractivity contribution in [3.05, 3.63) is 58.8 Å². The monoisotopic (exact) mass is 380 g/mol. The first-order valence-electron chi connectivity index (χ1n) is 9.47. The zero-order valence-corrected chi connectivity index (χ0v) is 16.4. The molecule has 1 aliphatic heterocycles. The second kappa shape index (κ2) is 8.05. The zero-order chi connectivity index (χ0) is 18.6. The van der Waals surface area contributed by atoms with Crippen molar-refractivity contribution < 1.29 is 4.79 Å². The molecule has 4 heterocycles. The van der Waals surface area contributed by atoms with E-state index in [1.54, 1.807) is 6.20 Å². The molecule has 1 aliphatic rings. The first kappa shape index (κ1) is 17.9. The molecule has 0 aliphatic carbocycles. The van der Waals surface area contributed by atoms with Gasteiger partial charge < -0.3 is 9.47 Å². The topological polar surface area (TPSA) is 51.0 Å². The Labute approximate surface area is 163 Å². The van der Waals surface area contributed by atoms with Gasteiger partial charge in [0.05, 0.1) is 4.88 Å². The molecule has 1 saturated heterocycles. The maximum Gasteiger partial charge on any atom is 0.263 e. The summed E-state index contributed by atoms with van der Waals surface area (Å²) in [4.78, 5) is 24.1. The number of imidazole rings is 1. The Hall–Kier alpha value is -2.47. The van der Waals surface area contributed by atoms with E-state index in [0.717, 1.165) is 55.2 Å². The third kappa shape index (κ3) is 3.95. The normalized spacial score (nSPS) is 15.2. The Morgan fingerprint density at radius 3 is 2.78 bits per heavy atom. The molecule has 4 rings (SSSR count). The second-order valence-corrected chi connectivity index (χ2v) is 8.07. The smallest absolute Gasteiger partial charge is 0.263 e. The Bertz CT molecular complexity index is 880. The summed E-state index contributed by atoms with van der Waals surface area (Å²) in [5.74, 6) is 1.83. The van der Waals surface area contributed by atoms with Gasteiger partial charge >= 0.3 is 0 Å². The molecule has 0 bridgehead atoms. The minimum absolute atomic E-state index is 0.188. The minimum atomic E-state index is 0.188. The fourth-order valence-corrected chi connectivity index (χ4v) is 4.45. The van der Waals surface area contributed by atoms with E-state index >= 15 is 0 Å². The molecular weight excluding hydrogens is 356 g/mol. The quantitative estimate of drug-likeness (QED) is 0.665. The number of likely N-dealkylation sites (tertiary alicyclic amines) is 1. The third-order valence-corrected chi connectivity index (χ3v) is 6.23. The number of aryl methyl sites for hydroxylation is 1. The van der Waals surface area contributed by atoms with Crippen molar-refractivity contribution in [3.63, 3.8) is 0 Å². The van der Waals surface area contributed by atoms with E-state index in [0.29, 0.717) is 5.92 Å². The van der Waals surface area contributed by atoms with Gasteiger partial charge in [-0.1, -0.05) is 6.07 Å². The molecule has 0 atom stereocenters. The Morgan fingerprint density at radius 2 is 2.07 bits per heavy atom. The van der Waals surface area contributed by atoms with Gasteiger partial charge in [-0.25, -0.2) is 4.98 Å². The second-order valence-electron chi connectivity index (χ2n) is 7.12. The Morgan fingerprint density at radius 1 is 1.22 bits per heavy atom. The van der Waals surface area contributed by atoms with E-state index in [-0.39, 0.29) is 5.91 Å². The van der Waals surface area contributed by atoms with Crippen molar-refractivity contribution in [2.45, 2.75) is 32.7 Å². The molecule has 5 nitrogen and oxygen atoms in total. The van der Waals surface area contributed by atoms with Crippen LogP contribution in [0.25, 0.3) is 11.4 Å². The fraction of sp³-hybridized carbons (Fsp3) is 0.381. The SMILES string of the molecule is Cc1cnc(-c2cccnc2)n1CCC1CCN(C(=O)c2cccs2)CC1. The number of hydrogen-bond donors (Lipinski definition) is 0. The van der Waals surface area contributed by atoms with Crippen molar-refractivity contribution in [2.75, 3.05) is 13.1 Å². The van der Waals surface area contributed by atoms with Crippen LogP contribution in [0, 0.1) is 12.8 Å². The van der Waals surface area contributed by atoms with Crippen molar-refractivity contribution in [1.29, 1.82) is 0 Å². The van der Waals surface area contributed by atoms with Crippen LogP contribution in [0.4, 0.5) is 0 Å². The van der Waals surface area contributed by atoms with Crippen LogP contribution in [0.2, 0.25) is 0 Å². The van der Waals surface area contributed by atoms with Gasteiger partial charge in [-0.2, -0.15) is 0 Å². The molecule has 27 heavy (non-hydrogen) atoms. The maximum atomic E-state index is 12.5. The summed E-state index contributed by atoms with van der Waals surface area (Å²) >= 11 is 1.53. The molecule has 0 spiro atoms. The van der Waals surface area contributed by atoms with Gasteiger partial charge in [0.25, 0.3) is 5.91 Å². The lowest BCUT2D eigenvalue weighted by Gasteiger charge is -2.32. The van der Waals surface area contributed by atoms with E-state index in [9.17, 15) is 4.79 Å². The van der Waals surface area contributed by atoms with Gasteiger partial charge in [0.15, 0.2) is 0 Å². The molecule has 1 fully saturated rings. The molecule has 0 aromatic carbocycles. The third-order valence-electron chi connectivity index (χ3n) is 5.37. The van der Waals surface area contributed by atoms with E-state index < -0.39 is 0 Å². The highest BCUT2D eigenvalue weighted by Gasteiger charge is 2.24. The van der Waals surface area contributed by atoms with Gasteiger partial charge in [-0.15, -0.1) is 11.3 Å². The lowest BCUT2D eigenvalue weighted by Crippen LogP contribution is -2.38. The number of aromatic nitrogens is 3. The van der Waals surface area contributed by atoms with Gasteiger partial charge in [0.2, 0.25) is 0 Å². The van der Waals surface area contributed by atoms with Gasteiger partial charge in [0, 0.05) is 49.5 Å². The van der Waals surface area contributed by atoms with E-state index in [1.807, 2.05) is 40.9 Å². The predicted molar refractivity (Wildman–Crippen MR) is 108 cm³/mol. The molecule has 0 N–H and O–H groups in total. The summed E-state index contributed by atoms with van der Waals surface area (Å²) in [7, 11) is 0. The number of pyridine rings is 1. The summed E-state index contributed by atoms with van der Waals surface area (Å²) in [6.07, 6.45) is 8.86. The van der Waals surface area contributed by atoms with Crippen molar-refractivity contribution in [3.8, 4) is 11.4 Å². The minimum Gasteiger partial charge on any atom is -0.338 e. The van der Waals surface area contributed by atoms with Gasteiger partial charge in [-0.3, -0.25) is 9.78 Å².